The number of nitrogens with zero attached hydrogens (tertiary/aromatic N) is 3. The number of rotatable bonds is 5. The topological polar surface area (TPSA) is 104 Å². The van der Waals surface area contributed by atoms with Crippen molar-refractivity contribution in [2.75, 3.05) is 23.7 Å². The summed E-state index contributed by atoms with van der Waals surface area (Å²) in [5, 5.41) is 14.2. The van der Waals surface area contributed by atoms with Gasteiger partial charge in [-0.2, -0.15) is 0 Å². The van der Waals surface area contributed by atoms with E-state index in [2.05, 4.69) is 20.8 Å². The largest absolute Gasteiger partial charge is 0.336 e. The first-order chi connectivity index (χ1) is 16.3. The maximum Gasteiger partial charge on any atom is 0.286 e. The number of hydrogen-bond acceptors (Lipinski definition) is 6. The number of likely N-dealkylation sites (tertiary alicyclic amines) is 1. The van der Waals surface area contributed by atoms with Crippen LogP contribution in [-0.4, -0.2) is 45.9 Å². The zero-order valence-electron chi connectivity index (χ0n) is 18.8. The zero-order chi connectivity index (χ0) is 24.2. The first-order valence-electron chi connectivity index (χ1n) is 10.9. The first kappa shape index (κ1) is 23.8. The fourth-order valence-corrected chi connectivity index (χ4v) is 4.68. The van der Waals surface area contributed by atoms with Gasteiger partial charge in [0.15, 0.2) is 0 Å². The summed E-state index contributed by atoms with van der Waals surface area (Å²) in [6.07, 6.45) is 1.40. The second-order valence-electron chi connectivity index (χ2n) is 8.20. The molecule has 3 amide bonds. The number of aryl methyl sites for hydroxylation is 1. The first-order valence-corrected chi connectivity index (χ1v) is 12.1. The molecule has 0 bridgehead atoms. The van der Waals surface area contributed by atoms with Gasteiger partial charge >= 0.3 is 0 Å². The van der Waals surface area contributed by atoms with Gasteiger partial charge in [-0.3, -0.25) is 14.4 Å². The molecular weight excluding hydrogens is 474 g/mol. The number of piperidine rings is 1. The van der Waals surface area contributed by atoms with Crippen molar-refractivity contribution in [2.45, 2.75) is 26.7 Å². The van der Waals surface area contributed by atoms with Gasteiger partial charge in [-0.1, -0.05) is 41.1 Å². The minimum absolute atomic E-state index is 0.0737. The molecule has 2 aromatic carbocycles. The number of hydrogen-bond donors (Lipinski definition) is 2. The molecule has 0 saturated carbocycles. The third-order valence-electron chi connectivity index (χ3n) is 5.83. The summed E-state index contributed by atoms with van der Waals surface area (Å²) in [6, 6.07) is 12.5. The quantitative estimate of drug-likeness (QED) is 0.538. The van der Waals surface area contributed by atoms with Crippen LogP contribution >= 0.6 is 22.9 Å². The lowest BCUT2D eigenvalue weighted by Gasteiger charge is -2.31. The lowest BCUT2D eigenvalue weighted by molar-refractivity contribution is -0.121. The lowest BCUT2D eigenvalue weighted by atomic mass is 9.96. The zero-order valence-corrected chi connectivity index (χ0v) is 20.4. The molecule has 0 radical (unpaired) electrons. The fourth-order valence-electron chi connectivity index (χ4n) is 3.78. The van der Waals surface area contributed by atoms with Crippen LogP contribution in [0.2, 0.25) is 5.02 Å². The molecule has 1 aliphatic heterocycles. The normalized spacial score (nSPS) is 15.6. The Kier molecular flexibility index (Phi) is 7.23. The molecule has 1 saturated heterocycles. The van der Waals surface area contributed by atoms with Crippen molar-refractivity contribution < 1.29 is 14.4 Å². The number of carbonyl (C=O) groups is 3. The van der Waals surface area contributed by atoms with Gasteiger partial charge in [0.1, 0.15) is 0 Å². The van der Waals surface area contributed by atoms with E-state index in [1.54, 1.807) is 29.2 Å². The molecule has 1 aliphatic rings. The summed E-state index contributed by atoms with van der Waals surface area (Å²) >= 11 is 6.87. The molecule has 0 unspecified atom stereocenters. The number of carbonyl (C=O) groups excluding carboxylic acids is 3. The summed E-state index contributed by atoms with van der Waals surface area (Å²) in [7, 11) is 0. The number of anilines is 2. The maximum absolute atomic E-state index is 13.0. The van der Waals surface area contributed by atoms with Gasteiger partial charge in [0.25, 0.3) is 11.8 Å². The van der Waals surface area contributed by atoms with Crippen LogP contribution in [0.25, 0.3) is 0 Å². The average Bonchev–Trinajstić information content (AvgIpc) is 3.32. The third kappa shape index (κ3) is 5.43. The van der Waals surface area contributed by atoms with E-state index in [9.17, 15) is 14.4 Å². The Bertz CT molecular complexity index is 1240. The van der Waals surface area contributed by atoms with Gasteiger partial charge < -0.3 is 15.5 Å². The van der Waals surface area contributed by atoms with E-state index >= 15 is 0 Å². The van der Waals surface area contributed by atoms with Crippen LogP contribution in [0.5, 0.6) is 0 Å². The molecule has 10 heteroatoms. The second-order valence-corrected chi connectivity index (χ2v) is 9.62. The molecule has 4 rings (SSSR count). The summed E-state index contributed by atoms with van der Waals surface area (Å²) in [4.78, 5) is 40.0. The molecule has 2 N–H and O–H groups in total. The summed E-state index contributed by atoms with van der Waals surface area (Å²) in [5.41, 5.74) is 3.43. The van der Waals surface area contributed by atoms with Crippen molar-refractivity contribution in [3.05, 3.63) is 68.6 Å². The van der Waals surface area contributed by atoms with Gasteiger partial charge in [-0.05, 0) is 62.1 Å². The van der Waals surface area contributed by atoms with Crippen LogP contribution in [0.4, 0.5) is 11.4 Å². The Labute approximate surface area is 206 Å². The molecule has 2 heterocycles. The second kappa shape index (κ2) is 10.3. The standard InChI is InChI=1S/C24H24ClN5O3S/c1-14-6-3-10-19(15(14)2)27-20(31)16-7-5-11-30(13-16)24(33)23-29-28-22(34-23)21(32)26-18-9-4-8-17(25)12-18/h3-4,6,8-10,12,16H,5,7,11,13H2,1-2H3,(H,26,32)(H,27,31)/t16-/m1/s1. The molecule has 1 fully saturated rings. The third-order valence-corrected chi connectivity index (χ3v) is 6.97. The van der Waals surface area contributed by atoms with Gasteiger partial charge in [0, 0.05) is 29.5 Å². The van der Waals surface area contributed by atoms with Crippen molar-refractivity contribution >= 4 is 52.0 Å². The molecule has 8 nitrogen and oxygen atoms in total. The molecule has 1 aromatic heterocycles. The van der Waals surface area contributed by atoms with Crippen LogP contribution in [-0.2, 0) is 4.79 Å². The highest BCUT2D eigenvalue weighted by Gasteiger charge is 2.31. The minimum atomic E-state index is -0.469. The Morgan fingerprint density at radius 2 is 1.82 bits per heavy atom. The minimum Gasteiger partial charge on any atom is -0.336 e. The van der Waals surface area contributed by atoms with E-state index < -0.39 is 5.91 Å². The monoisotopic (exact) mass is 497 g/mol. The van der Waals surface area contributed by atoms with Crippen molar-refractivity contribution in [3.8, 4) is 0 Å². The Morgan fingerprint density at radius 1 is 1.06 bits per heavy atom. The van der Waals surface area contributed by atoms with E-state index in [1.807, 2.05) is 32.0 Å². The van der Waals surface area contributed by atoms with Crippen molar-refractivity contribution in [2.24, 2.45) is 5.92 Å². The Balaban J connectivity index is 1.39. The van der Waals surface area contributed by atoms with Gasteiger partial charge in [0.2, 0.25) is 15.9 Å². The van der Waals surface area contributed by atoms with Crippen molar-refractivity contribution in [1.82, 2.24) is 15.1 Å². The van der Waals surface area contributed by atoms with Crippen LogP contribution in [0.1, 0.15) is 43.6 Å². The highest BCUT2D eigenvalue weighted by Crippen LogP contribution is 2.24. The Hall–Kier alpha value is -3.30. The molecular formula is C24H24ClN5O3S. The van der Waals surface area contributed by atoms with E-state index in [1.165, 1.54) is 0 Å². The smallest absolute Gasteiger partial charge is 0.286 e. The Morgan fingerprint density at radius 3 is 2.62 bits per heavy atom. The number of nitrogens with one attached hydrogen (secondary N) is 2. The van der Waals surface area contributed by atoms with Gasteiger partial charge in [0.05, 0.1) is 5.92 Å². The van der Waals surface area contributed by atoms with Crippen molar-refractivity contribution in [3.63, 3.8) is 0 Å². The predicted molar refractivity (Wildman–Crippen MR) is 132 cm³/mol. The number of benzene rings is 2. The summed E-state index contributed by atoms with van der Waals surface area (Å²) in [6.45, 7) is 4.78. The number of amides is 3. The molecule has 1 atom stereocenters. The fraction of sp³-hybridized carbons (Fsp3) is 0.292. The molecule has 3 aromatic rings. The van der Waals surface area contributed by atoms with Gasteiger partial charge in [-0.25, -0.2) is 0 Å². The number of aromatic nitrogens is 2. The van der Waals surface area contributed by atoms with E-state index in [0.717, 1.165) is 28.2 Å². The van der Waals surface area contributed by atoms with Crippen LogP contribution < -0.4 is 10.6 Å². The predicted octanol–water partition coefficient (Wildman–Crippen LogP) is 4.55. The average molecular weight is 498 g/mol. The molecule has 34 heavy (non-hydrogen) atoms. The van der Waals surface area contributed by atoms with Crippen LogP contribution in [0.15, 0.2) is 42.5 Å². The van der Waals surface area contributed by atoms with Crippen LogP contribution in [0.3, 0.4) is 0 Å². The highest BCUT2D eigenvalue weighted by molar-refractivity contribution is 7.15. The molecule has 0 spiro atoms. The SMILES string of the molecule is Cc1cccc(NC(=O)[C@@H]2CCCN(C(=O)c3nnc(C(=O)Nc4cccc(Cl)c4)s3)C2)c1C. The summed E-state index contributed by atoms with van der Waals surface area (Å²) in [5.74, 6) is -1.23. The highest BCUT2D eigenvalue weighted by atomic mass is 35.5. The van der Waals surface area contributed by atoms with Gasteiger partial charge in [-0.15, -0.1) is 10.2 Å². The summed E-state index contributed by atoms with van der Waals surface area (Å²) < 4.78 is 0. The van der Waals surface area contributed by atoms with E-state index in [4.69, 9.17) is 11.6 Å². The van der Waals surface area contributed by atoms with Crippen LogP contribution in [0, 0.1) is 19.8 Å². The van der Waals surface area contributed by atoms with E-state index in [0.29, 0.717) is 36.6 Å². The molecule has 176 valence electrons. The number of halogens is 1. The maximum atomic E-state index is 13.0. The molecule has 0 aliphatic carbocycles. The lowest BCUT2D eigenvalue weighted by Crippen LogP contribution is -2.43. The van der Waals surface area contributed by atoms with E-state index in [-0.39, 0.29) is 27.7 Å². The van der Waals surface area contributed by atoms with Crippen molar-refractivity contribution in [1.29, 1.82) is 0 Å².